The number of anilines is 1. The van der Waals surface area contributed by atoms with E-state index in [9.17, 15) is 0 Å². The van der Waals surface area contributed by atoms with Crippen LogP contribution < -0.4 is 10.6 Å². The quantitative estimate of drug-likeness (QED) is 0.862. The van der Waals surface area contributed by atoms with Gasteiger partial charge in [-0.25, -0.2) is 9.97 Å². The van der Waals surface area contributed by atoms with Crippen molar-refractivity contribution < 1.29 is 0 Å². The smallest absolute Gasteiger partial charge is 0.225 e. The standard InChI is InChI=1S/C14H21N5/c1-14(2,15)5-7-19(3)13-17-9-12(10-18-13)11-4-6-16-8-11/h4,6,8-10,16H,5,7,15H2,1-3H3. The molecule has 2 rings (SSSR count). The van der Waals surface area contributed by atoms with Gasteiger partial charge in [0.2, 0.25) is 5.95 Å². The largest absolute Gasteiger partial charge is 0.367 e. The molecule has 0 aliphatic rings. The van der Waals surface area contributed by atoms with Gasteiger partial charge in [-0.1, -0.05) is 0 Å². The zero-order chi connectivity index (χ0) is 13.9. The van der Waals surface area contributed by atoms with Crippen LogP contribution in [0, 0.1) is 0 Å². The highest BCUT2D eigenvalue weighted by Crippen LogP contribution is 2.18. The van der Waals surface area contributed by atoms with Crippen LogP contribution in [-0.2, 0) is 0 Å². The van der Waals surface area contributed by atoms with E-state index in [2.05, 4.69) is 15.0 Å². The van der Waals surface area contributed by atoms with Crippen molar-refractivity contribution in [2.75, 3.05) is 18.5 Å². The minimum atomic E-state index is -0.167. The maximum atomic E-state index is 5.98. The van der Waals surface area contributed by atoms with Crippen LogP contribution in [0.25, 0.3) is 11.1 Å². The molecule has 0 saturated carbocycles. The topological polar surface area (TPSA) is 70.8 Å². The molecule has 0 amide bonds. The third-order valence-corrected chi connectivity index (χ3v) is 3.00. The molecule has 0 aliphatic carbocycles. The number of aromatic nitrogens is 3. The van der Waals surface area contributed by atoms with Crippen LogP contribution in [0.1, 0.15) is 20.3 Å². The summed E-state index contributed by atoms with van der Waals surface area (Å²) in [7, 11) is 1.98. The summed E-state index contributed by atoms with van der Waals surface area (Å²) in [5.41, 5.74) is 7.92. The molecule has 0 bridgehead atoms. The predicted octanol–water partition coefficient (Wildman–Crippen LogP) is 2.04. The van der Waals surface area contributed by atoms with Crippen molar-refractivity contribution in [1.82, 2.24) is 15.0 Å². The monoisotopic (exact) mass is 259 g/mol. The molecule has 5 nitrogen and oxygen atoms in total. The Kier molecular flexibility index (Phi) is 3.85. The summed E-state index contributed by atoms with van der Waals surface area (Å²) < 4.78 is 0. The number of nitrogens with two attached hydrogens (primary N) is 1. The van der Waals surface area contributed by atoms with Crippen LogP contribution in [0.4, 0.5) is 5.95 Å². The molecule has 19 heavy (non-hydrogen) atoms. The van der Waals surface area contributed by atoms with Gasteiger partial charge in [-0.05, 0) is 26.3 Å². The molecule has 0 aromatic carbocycles. The van der Waals surface area contributed by atoms with Gasteiger partial charge in [-0.2, -0.15) is 0 Å². The number of rotatable bonds is 5. The SMILES string of the molecule is CN(CCC(C)(C)N)c1ncc(-c2cc[nH]c2)cn1. The lowest BCUT2D eigenvalue weighted by molar-refractivity contribution is 0.477. The van der Waals surface area contributed by atoms with Gasteiger partial charge in [0.05, 0.1) is 0 Å². The van der Waals surface area contributed by atoms with E-state index in [1.807, 2.05) is 56.6 Å². The van der Waals surface area contributed by atoms with Crippen molar-refractivity contribution in [3.8, 4) is 11.1 Å². The van der Waals surface area contributed by atoms with Gasteiger partial charge in [0, 0.05) is 55.0 Å². The summed E-state index contributed by atoms with van der Waals surface area (Å²) in [5.74, 6) is 0.725. The Balaban J connectivity index is 2.02. The Hall–Kier alpha value is -1.88. The van der Waals surface area contributed by atoms with Crippen molar-refractivity contribution in [2.45, 2.75) is 25.8 Å². The average molecular weight is 259 g/mol. The van der Waals surface area contributed by atoms with Crippen LogP contribution in [-0.4, -0.2) is 34.1 Å². The second-order valence-corrected chi connectivity index (χ2v) is 5.53. The number of aromatic amines is 1. The average Bonchev–Trinajstić information content (AvgIpc) is 2.89. The molecule has 0 saturated heterocycles. The van der Waals surface area contributed by atoms with E-state index in [-0.39, 0.29) is 5.54 Å². The molecule has 0 atom stereocenters. The van der Waals surface area contributed by atoms with Crippen molar-refractivity contribution >= 4 is 5.95 Å². The first-order valence-electron chi connectivity index (χ1n) is 6.41. The fraction of sp³-hybridized carbons (Fsp3) is 0.429. The van der Waals surface area contributed by atoms with E-state index >= 15 is 0 Å². The number of hydrogen-bond donors (Lipinski definition) is 2. The summed E-state index contributed by atoms with van der Waals surface area (Å²) >= 11 is 0. The Bertz CT molecular complexity index is 496. The minimum Gasteiger partial charge on any atom is -0.367 e. The molecule has 0 spiro atoms. The molecule has 102 valence electrons. The van der Waals surface area contributed by atoms with Crippen molar-refractivity contribution in [2.24, 2.45) is 5.73 Å². The maximum Gasteiger partial charge on any atom is 0.225 e. The van der Waals surface area contributed by atoms with E-state index < -0.39 is 0 Å². The predicted molar refractivity (Wildman–Crippen MR) is 78.0 cm³/mol. The molecule has 3 N–H and O–H groups in total. The molecule has 0 fully saturated rings. The van der Waals surface area contributed by atoms with Gasteiger partial charge in [0.25, 0.3) is 0 Å². The third-order valence-electron chi connectivity index (χ3n) is 3.00. The van der Waals surface area contributed by atoms with E-state index in [1.54, 1.807) is 0 Å². The molecule has 0 unspecified atom stereocenters. The van der Waals surface area contributed by atoms with Crippen LogP contribution in [0.3, 0.4) is 0 Å². The second kappa shape index (κ2) is 5.40. The zero-order valence-electron chi connectivity index (χ0n) is 11.7. The Morgan fingerprint density at radius 2 is 1.95 bits per heavy atom. The zero-order valence-corrected chi connectivity index (χ0v) is 11.7. The minimum absolute atomic E-state index is 0.167. The molecule has 2 heterocycles. The lowest BCUT2D eigenvalue weighted by Crippen LogP contribution is -2.36. The fourth-order valence-electron chi connectivity index (χ4n) is 1.73. The first kappa shape index (κ1) is 13.5. The normalized spacial score (nSPS) is 11.6. The first-order valence-corrected chi connectivity index (χ1v) is 6.41. The van der Waals surface area contributed by atoms with E-state index in [0.29, 0.717) is 0 Å². The number of nitrogens with one attached hydrogen (secondary N) is 1. The first-order chi connectivity index (χ1) is 8.96. The summed E-state index contributed by atoms with van der Waals surface area (Å²) in [6.07, 6.45) is 8.40. The van der Waals surface area contributed by atoms with Gasteiger partial charge in [-0.15, -0.1) is 0 Å². The Labute approximate surface area is 113 Å². The maximum absolute atomic E-state index is 5.98. The summed E-state index contributed by atoms with van der Waals surface area (Å²) in [5, 5.41) is 0. The van der Waals surface area contributed by atoms with Gasteiger partial charge in [-0.3, -0.25) is 0 Å². The molecule has 2 aromatic rings. The number of nitrogens with zero attached hydrogens (tertiary/aromatic N) is 3. The Morgan fingerprint density at radius 1 is 1.26 bits per heavy atom. The summed E-state index contributed by atoms with van der Waals surface area (Å²) in [6, 6.07) is 2.00. The lowest BCUT2D eigenvalue weighted by atomic mass is 10.0. The number of H-pyrrole nitrogens is 1. The van der Waals surface area contributed by atoms with Crippen LogP contribution >= 0.6 is 0 Å². The van der Waals surface area contributed by atoms with Gasteiger partial charge in [0.15, 0.2) is 0 Å². The highest BCUT2D eigenvalue weighted by Gasteiger charge is 2.13. The van der Waals surface area contributed by atoms with Gasteiger partial charge < -0.3 is 15.6 Å². The van der Waals surface area contributed by atoms with E-state index in [4.69, 9.17) is 5.73 Å². The summed E-state index contributed by atoms with van der Waals surface area (Å²) in [6.45, 7) is 4.89. The van der Waals surface area contributed by atoms with Crippen molar-refractivity contribution in [3.05, 3.63) is 30.9 Å². The Morgan fingerprint density at radius 3 is 2.47 bits per heavy atom. The van der Waals surface area contributed by atoms with Crippen LogP contribution in [0.15, 0.2) is 30.9 Å². The molecule has 2 aromatic heterocycles. The molecule has 5 heteroatoms. The van der Waals surface area contributed by atoms with Crippen molar-refractivity contribution in [1.29, 1.82) is 0 Å². The molecular formula is C14H21N5. The van der Waals surface area contributed by atoms with Crippen LogP contribution in [0.2, 0.25) is 0 Å². The van der Waals surface area contributed by atoms with E-state index in [0.717, 1.165) is 30.0 Å². The fourth-order valence-corrected chi connectivity index (χ4v) is 1.73. The van der Waals surface area contributed by atoms with Crippen LogP contribution in [0.5, 0.6) is 0 Å². The summed E-state index contributed by atoms with van der Waals surface area (Å²) in [4.78, 5) is 13.8. The van der Waals surface area contributed by atoms with Gasteiger partial charge >= 0.3 is 0 Å². The molecule has 0 aliphatic heterocycles. The second-order valence-electron chi connectivity index (χ2n) is 5.53. The molecular weight excluding hydrogens is 238 g/mol. The van der Waals surface area contributed by atoms with Gasteiger partial charge in [0.1, 0.15) is 0 Å². The third kappa shape index (κ3) is 3.79. The highest BCUT2D eigenvalue weighted by atomic mass is 15.2. The molecule has 0 radical (unpaired) electrons. The van der Waals surface area contributed by atoms with E-state index in [1.165, 1.54) is 0 Å². The lowest BCUT2D eigenvalue weighted by Gasteiger charge is -2.23. The highest BCUT2D eigenvalue weighted by molar-refractivity contribution is 5.60. The number of hydrogen-bond acceptors (Lipinski definition) is 4. The van der Waals surface area contributed by atoms with Crippen molar-refractivity contribution in [3.63, 3.8) is 0 Å².